The summed E-state index contributed by atoms with van der Waals surface area (Å²) in [4.78, 5) is 14.8. The number of aromatic nitrogens is 1. The van der Waals surface area contributed by atoms with Crippen molar-refractivity contribution in [3.63, 3.8) is 0 Å². The second kappa shape index (κ2) is 6.41. The molecule has 0 radical (unpaired) electrons. The highest BCUT2D eigenvalue weighted by atomic mass is 32.2. The van der Waals surface area contributed by atoms with Gasteiger partial charge in [-0.25, -0.2) is 18.1 Å². The standard InChI is InChI=1S/C10H14FN3O3S/c1-2-14-18(16,17)6-5-12-10(15)8-3-4-9(11)13-7-8/h3-4,7,14H,2,5-6H2,1H3,(H,12,15). The van der Waals surface area contributed by atoms with Crippen molar-refractivity contribution in [3.05, 3.63) is 29.8 Å². The maximum absolute atomic E-state index is 12.5. The van der Waals surface area contributed by atoms with E-state index in [1.54, 1.807) is 6.92 Å². The molecule has 0 saturated carbocycles. The lowest BCUT2D eigenvalue weighted by Gasteiger charge is -2.06. The fourth-order valence-electron chi connectivity index (χ4n) is 1.20. The lowest BCUT2D eigenvalue weighted by atomic mass is 10.3. The van der Waals surface area contributed by atoms with Crippen molar-refractivity contribution in [1.29, 1.82) is 0 Å². The number of halogens is 1. The molecule has 1 aromatic rings. The van der Waals surface area contributed by atoms with Crippen LogP contribution in [0.3, 0.4) is 0 Å². The van der Waals surface area contributed by atoms with Crippen LogP contribution in [0.5, 0.6) is 0 Å². The average molecular weight is 275 g/mol. The largest absolute Gasteiger partial charge is 0.351 e. The zero-order valence-electron chi connectivity index (χ0n) is 9.81. The quantitative estimate of drug-likeness (QED) is 0.709. The molecule has 0 aromatic carbocycles. The first-order chi connectivity index (χ1) is 8.44. The minimum atomic E-state index is -3.36. The van der Waals surface area contributed by atoms with Gasteiger partial charge < -0.3 is 5.32 Å². The van der Waals surface area contributed by atoms with E-state index >= 15 is 0 Å². The Labute approximate surface area is 105 Å². The molecule has 100 valence electrons. The molecular formula is C10H14FN3O3S. The zero-order chi connectivity index (χ0) is 13.6. The van der Waals surface area contributed by atoms with E-state index in [1.165, 1.54) is 6.07 Å². The van der Waals surface area contributed by atoms with Crippen LogP contribution >= 0.6 is 0 Å². The summed E-state index contributed by atoms with van der Waals surface area (Å²) in [6.07, 6.45) is 1.09. The molecule has 1 rings (SSSR count). The predicted octanol–water partition coefficient (Wildman–Crippen LogP) is -0.110. The first kappa shape index (κ1) is 14.5. The van der Waals surface area contributed by atoms with Gasteiger partial charge in [0.25, 0.3) is 5.91 Å². The van der Waals surface area contributed by atoms with Crippen LogP contribution in [-0.2, 0) is 10.0 Å². The van der Waals surface area contributed by atoms with Crippen molar-refractivity contribution < 1.29 is 17.6 Å². The van der Waals surface area contributed by atoms with Gasteiger partial charge >= 0.3 is 0 Å². The van der Waals surface area contributed by atoms with Crippen molar-refractivity contribution in [1.82, 2.24) is 15.0 Å². The lowest BCUT2D eigenvalue weighted by Crippen LogP contribution is -2.34. The van der Waals surface area contributed by atoms with Gasteiger partial charge in [-0.05, 0) is 12.1 Å². The van der Waals surface area contributed by atoms with Gasteiger partial charge in [0.05, 0.1) is 11.3 Å². The lowest BCUT2D eigenvalue weighted by molar-refractivity contribution is 0.0955. The van der Waals surface area contributed by atoms with Gasteiger partial charge in [0.2, 0.25) is 16.0 Å². The molecule has 0 bridgehead atoms. The number of hydrogen-bond donors (Lipinski definition) is 2. The Kier molecular flexibility index (Phi) is 5.17. The normalized spacial score (nSPS) is 11.2. The molecule has 6 nitrogen and oxygen atoms in total. The van der Waals surface area contributed by atoms with Crippen LogP contribution in [0.15, 0.2) is 18.3 Å². The number of carbonyl (C=O) groups excluding carboxylic acids is 1. The van der Waals surface area contributed by atoms with Gasteiger partial charge in [0, 0.05) is 19.3 Å². The number of carbonyl (C=O) groups is 1. The van der Waals surface area contributed by atoms with Gasteiger partial charge in [-0.15, -0.1) is 0 Å². The first-order valence-corrected chi connectivity index (χ1v) is 6.97. The average Bonchev–Trinajstić information content (AvgIpc) is 2.29. The molecule has 0 aliphatic carbocycles. The fraction of sp³-hybridized carbons (Fsp3) is 0.400. The number of hydrogen-bond acceptors (Lipinski definition) is 4. The van der Waals surface area contributed by atoms with Gasteiger partial charge in [0.15, 0.2) is 0 Å². The van der Waals surface area contributed by atoms with Crippen molar-refractivity contribution in [2.45, 2.75) is 6.92 Å². The molecule has 8 heteroatoms. The van der Waals surface area contributed by atoms with Crippen molar-refractivity contribution >= 4 is 15.9 Å². The summed E-state index contributed by atoms with van der Waals surface area (Å²) in [6, 6.07) is 2.33. The maximum atomic E-state index is 12.5. The molecule has 0 aliphatic heterocycles. The Morgan fingerprint density at radius 3 is 2.72 bits per heavy atom. The van der Waals surface area contributed by atoms with E-state index in [0.29, 0.717) is 6.54 Å². The number of rotatable bonds is 6. The van der Waals surface area contributed by atoms with Gasteiger partial charge in [-0.1, -0.05) is 6.92 Å². The third kappa shape index (κ3) is 4.76. The molecule has 1 amide bonds. The van der Waals surface area contributed by atoms with E-state index in [-0.39, 0.29) is 17.9 Å². The fourth-order valence-corrected chi connectivity index (χ4v) is 2.16. The second-order valence-corrected chi connectivity index (χ2v) is 5.37. The summed E-state index contributed by atoms with van der Waals surface area (Å²) < 4.78 is 37.4. The summed E-state index contributed by atoms with van der Waals surface area (Å²) in [7, 11) is -3.36. The minimum Gasteiger partial charge on any atom is -0.351 e. The summed E-state index contributed by atoms with van der Waals surface area (Å²) >= 11 is 0. The van der Waals surface area contributed by atoms with E-state index in [1.807, 2.05) is 0 Å². The van der Waals surface area contributed by atoms with Crippen LogP contribution in [-0.4, -0.2) is 38.2 Å². The van der Waals surface area contributed by atoms with Crippen LogP contribution in [0.1, 0.15) is 17.3 Å². The van der Waals surface area contributed by atoms with E-state index < -0.39 is 21.9 Å². The monoisotopic (exact) mass is 275 g/mol. The number of sulfonamides is 1. The Hall–Kier alpha value is -1.54. The van der Waals surface area contributed by atoms with Gasteiger partial charge in [-0.2, -0.15) is 4.39 Å². The van der Waals surface area contributed by atoms with Crippen LogP contribution < -0.4 is 10.0 Å². The summed E-state index contributed by atoms with van der Waals surface area (Å²) in [6.45, 7) is 1.95. The minimum absolute atomic E-state index is 0.0223. The second-order valence-electron chi connectivity index (χ2n) is 3.44. The molecule has 1 aromatic heterocycles. The SMILES string of the molecule is CCNS(=O)(=O)CCNC(=O)c1ccc(F)nc1. The first-order valence-electron chi connectivity index (χ1n) is 5.31. The van der Waals surface area contributed by atoms with Crippen LogP contribution in [0, 0.1) is 5.95 Å². The van der Waals surface area contributed by atoms with E-state index in [2.05, 4.69) is 15.0 Å². The molecule has 18 heavy (non-hydrogen) atoms. The molecule has 0 unspecified atom stereocenters. The maximum Gasteiger partial charge on any atom is 0.252 e. The number of nitrogens with one attached hydrogen (secondary N) is 2. The van der Waals surface area contributed by atoms with Crippen molar-refractivity contribution in [2.75, 3.05) is 18.8 Å². The van der Waals surface area contributed by atoms with Crippen molar-refractivity contribution in [3.8, 4) is 0 Å². The predicted molar refractivity (Wildman–Crippen MR) is 64.0 cm³/mol. The zero-order valence-corrected chi connectivity index (χ0v) is 10.6. The Bertz CT molecular complexity index is 502. The highest BCUT2D eigenvalue weighted by Crippen LogP contribution is 1.98. The highest BCUT2D eigenvalue weighted by Gasteiger charge is 2.10. The molecule has 0 fully saturated rings. The van der Waals surface area contributed by atoms with Gasteiger partial charge in [-0.3, -0.25) is 4.79 Å². The van der Waals surface area contributed by atoms with Crippen molar-refractivity contribution in [2.24, 2.45) is 0 Å². The van der Waals surface area contributed by atoms with E-state index in [9.17, 15) is 17.6 Å². The number of pyridine rings is 1. The third-order valence-corrected chi connectivity index (χ3v) is 3.48. The Morgan fingerprint density at radius 2 is 2.17 bits per heavy atom. The number of nitrogens with zero attached hydrogens (tertiary/aromatic N) is 1. The molecular weight excluding hydrogens is 261 g/mol. The molecule has 0 spiro atoms. The topological polar surface area (TPSA) is 88.2 Å². The molecule has 1 heterocycles. The highest BCUT2D eigenvalue weighted by molar-refractivity contribution is 7.89. The third-order valence-electron chi connectivity index (χ3n) is 2.01. The molecule has 0 saturated heterocycles. The van der Waals surface area contributed by atoms with Crippen LogP contribution in [0.25, 0.3) is 0 Å². The summed E-state index contributed by atoms with van der Waals surface area (Å²) in [5.74, 6) is -1.38. The Balaban J connectivity index is 2.45. The molecule has 2 N–H and O–H groups in total. The summed E-state index contributed by atoms with van der Waals surface area (Å²) in [5.41, 5.74) is 0.178. The molecule has 0 aliphatic rings. The smallest absolute Gasteiger partial charge is 0.252 e. The van der Waals surface area contributed by atoms with Crippen LogP contribution in [0.2, 0.25) is 0 Å². The van der Waals surface area contributed by atoms with E-state index in [0.717, 1.165) is 12.3 Å². The number of amides is 1. The molecule has 0 atom stereocenters. The summed E-state index contributed by atoms with van der Waals surface area (Å²) in [5, 5.41) is 2.41. The Morgan fingerprint density at radius 1 is 1.44 bits per heavy atom. The van der Waals surface area contributed by atoms with Crippen LogP contribution in [0.4, 0.5) is 4.39 Å². The van der Waals surface area contributed by atoms with E-state index in [4.69, 9.17) is 0 Å². The van der Waals surface area contributed by atoms with Gasteiger partial charge in [0.1, 0.15) is 0 Å².